The van der Waals surface area contributed by atoms with E-state index in [0.29, 0.717) is 24.7 Å². The molecule has 5 rings (SSSR count). The lowest BCUT2D eigenvalue weighted by Gasteiger charge is -2.33. The van der Waals surface area contributed by atoms with Gasteiger partial charge in [-0.05, 0) is 81.0 Å². The van der Waals surface area contributed by atoms with Gasteiger partial charge in [-0.2, -0.15) is 0 Å². The lowest BCUT2D eigenvalue weighted by molar-refractivity contribution is -0.144. The van der Waals surface area contributed by atoms with Crippen LogP contribution < -0.4 is 10.1 Å². The predicted octanol–water partition coefficient (Wildman–Crippen LogP) is 3.22. The Labute approximate surface area is 171 Å². The second kappa shape index (κ2) is 7.15. The topological polar surface area (TPSA) is 75.7 Å². The normalized spacial score (nSPS) is 35.7. The first-order valence-electron chi connectivity index (χ1n) is 10.9. The summed E-state index contributed by atoms with van der Waals surface area (Å²) in [6.45, 7) is 0. The first kappa shape index (κ1) is 18.6. The van der Waals surface area contributed by atoms with Crippen LogP contribution in [0.4, 0.5) is 5.69 Å². The van der Waals surface area contributed by atoms with E-state index >= 15 is 0 Å². The summed E-state index contributed by atoms with van der Waals surface area (Å²) in [6, 6.07) is 7.28. The van der Waals surface area contributed by atoms with Crippen molar-refractivity contribution in [2.45, 2.75) is 51.0 Å². The molecule has 3 aliphatic carbocycles. The minimum atomic E-state index is -0.0724. The third-order valence-corrected chi connectivity index (χ3v) is 7.75. The van der Waals surface area contributed by atoms with Gasteiger partial charge in [0, 0.05) is 17.6 Å². The second-order valence-electron chi connectivity index (χ2n) is 9.15. The fourth-order valence-corrected chi connectivity index (χ4v) is 6.31. The van der Waals surface area contributed by atoms with Crippen LogP contribution in [0.25, 0.3) is 0 Å². The Bertz CT molecular complexity index is 800. The Kier molecular flexibility index (Phi) is 4.60. The molecule has 1 saturated heterocycles. The number of amides is 3. The van der Waals surface area contributed by atoms with Gasteiger partial charge in [0.1, 0.15) is 5.75 Å². The van der Waals surface area contributed by atoms with Crippen LogP contribution in [-0.4, -0.2) is 35.8 Å². The summed E-state index contributed by atoms with van der Waals surface area (Å²) >= 11 is 0. The summed E-state index contributed by atoms with van der Waals surface area (Å²) < 4.78 is 5.14. The van der Waals surface area contributed by atoms with E-state index in [2.05, 4.69) is 5.32 Å². The van der Waals surface area contributed by atoms with E-state index in [0.717, 1.165) is 43.5 Å². The molecule has 4 fully saturated rings. The molecule has 1 heterocycles. The average molecular weight is 396 g/mol. The summed E-state index contributed by atoms with van der Waals surface area (Å²) in [6.07, 6.45) is 6.17. The molecule has 0 aromatic heterocycles. The summed E-state index contributed by atoms with van der Waals surface area (Å²) in [7, 11) is 1.61. The number of nitrogens with one attached hydrogen (secondary N) is 1. The zero-order chi connectivity index (χ0) is 20.1. The third-order valence-electron chi connectivity index (χ3n) is 7.75. The molecular formula is C23H28N2O4. The van der Waals surface area contributed by atoms with E-state index in [4.69, 9.17) is 4.74 Å². The predicted molar refractivity (Wildman–Crippen MR) is 107 cm³/mol. The largest absolute Gasteiger partial charge is 0.497 e. The van der Waals surface area contributed by atoms with Crippen LogP contribution >= 0.6 is 0 Å². The van der Waals surface area contributed by atoms with Gasteiger partial charge in [-0.15, -0.1) is 0 Å². The number of nitrogens with zero attached hydrogens (tertiary/aromatic N) is 1. The molecule has 0 radical (unpaired) electrons. The molecule has 29 heavy (non-hydrogen) atoms. The van der Waals surface area contributed by atoms with Crippen LogP contribution in [0.3, 0.4) is 0 Å². The molecule has 4 atom stereocenters. The summed E-state index contributed by atoms with van der Waals surface area (Å²) in [5.41, 5.74) is 0.756. The van der Waals surface area contributed by atoms with Crippen molar-refractivity contribution in [1.82, 2.24) is 4.90 Å². The highest BCUT2D eigenvalue weighted by Crippen LogP contribution is 2.56. The summed E-state index contributed by atoms with van der Waals surface area (Å²) in [4.78, 5) is 40.3. The van der Waals surface area contributed by atoms with E-state index in [-0.39, 0.29) is 41.5 Å². The van der Waals surface area contributed by atoms with E-state index in [1.165, 1.54) is 0 Å². The fraction of sp³-hybridized carbons (Fsp3) is 0.609. The first-order chi connectivity index (χ1) is 14.1. The molecule has 1 aromatic carbocycles. The van der Waals surface area contributed by atoms with Crippen LogP contribution in [0.1, 0.15) is 44.9 Å². The Morgan fingerprint density at radius 1 is 0.931 bits per heavy atom. The van der Waals surface area contributed by atoms with Crippen LogP contribution in [-0.2, 0) is 14.4 Å². The zero-order valence-corrected chi connectivity index (χ0v) is 16.8. The lowest BCUT2D eigenvalue weighted by atomic mass is 9.81. The quantitative estimate of drug-likeness (QED) is 0.793. The van der Waals surface area contributed by atoms with Gasteiger partial charge < -0.3 is 10.1 Å². The number of hydrogen-bond acceptors (Lipinski definition) is 4. The molecule has 2 bridgehead atoms. The highest BCUT2D eigenvalue weighted by atomic mass is 16.5. The number of hydrogen-bond donors (Lipinski definition) is 1. The third kappa shape index (κ3) is 3.04. The van der Waals surface area contributed by atoms with Gasteiger partial charge in [0.25, 0.3) is 0 Å². The minimum Gasteiger partial charge on any atom is -0.497 e. The van der Waals surface area contributed by atoms with Crippen molar-refractivity contribution in [3.05, 3.63) is 24.3 Å². The molecule has 4 aliphatic rings. The maximum atomic E-state index is 13.0. The number of benzene rings is 1. The lowest BCUT2D eigenvalue weighted by Crippen LogP contribution is -2.44. The van der Waals surface area contributed by atoms with E-state index in [1.807, 2.05) is 24.3 Å². The van der Waals surface area contributed by atoms with Gasteiger partial charge >= 0.3 is 0 Å². The smallest absolute Gasteiger partial charge is 0.233 e. The molecule has 1 N–H and O–H groups in total. The molecule has 3 amide bonds. The SMILES string of the molecule is COc1ccc(NC(=O)C2CCC(N3C(=O)[C@H]4[C@H]5CC[C@@H](C5)[C@@H]4C3=O)CC2)cc1. The van der Waals surface area contributed by atoms with Crippen LogP contribution in [0, 0.1) is 29.6 Å². The van der Waals surface area contributed by atoms with Gasteiger partial charge in [0.05, 0.1) is 18.9 Å². The van der Waals surface area contributed by atoms with Crippen molar-refractivity contribution in [2.75, 3.05) is 12.4 Å². The molecule has 6 heteroatoms. The van der Waals surface area contributed by atoms with Crippen molar-refractivity contribution in [2.24, 2.45) is 29.6 Å². The number of rotatable bonds is 4. The Morgan fingerprint density at radius 2 is 1.52 bits per heavy atom. The average Bonchev–Trinajstić information content (AvgIpc) is 3.42. The van der Waals surface area contributed by atoms with E-state index in [9.17, 15) is 14.4 Å². The summed E-state index contributed by atoms with van der Waals surface area (Å²) in [5.74, 6) is 1.63. The van der Waals surface area contributed by atoms with Crippen molar-refractivity contribution in [1.29, 1.82) is 0 Å². The number of ether oxygens (including phenoxy) is 1. The number of carbonyl (C=O) groups is 3. The maximum absolute atomic E-state index is 13.0. The number of likely N-dealkylation sites (tertiary alicyclic amines) is 1. The minimum absolute atomic E-state index is 0.0163. The molecule has 154 valence electrons. The maximum Gasteiger partial charge on any atom is 0.233 e. The first-order valence-corrected chi connectivity index (χ1v) is 10.9. The standard InChI is InChI=1S/C23H28N2O4/c1-29-18-10-6-16(7-11-18)24-21(26)13-4-8-17(9-5-13)25-22(27)19-14-2-3-15(12-14)20(19)23(25)28/h6-7,10-11,13-15,17,19-20H,2-5,8-9,12H2,1H3,(H,24,26)/t13?,14-,15-,17?,19-,20-/m0/s1. The van der Waals surface area contributed by atoms with Crippen molar-refractivity contribution < 1.29 is 19.1 Å². The number of methoxy groups -OCH3 is 1. The second-order valence-corrected chi connectivity index (χ2v) is 9.15. The van der Waals surface area contributed by atoms with Crippen molar-refractivity contribution >= 4 is 23.4 Å². The number of carbonyl (C=O) groups excluding carboxylic acids is 3. The van der Waals surface area contributed by atoms with Crippen molar-refractivity contribution in [3.8, 4) is 5.75 Å². The van der Waals surface area contributed by atoms with Gasteiger partial charge in [-0.3, -0.25) is 19.3 Å². The van der Waals surface area contributed by atoms with Gasteiger partial charge in [0.2, 0.25) is 17.7 Å². The summed E-state index contributed by atoms with van der Waals surface area (Å²) in [5, 5.41) is 2.98. The highest BCUT2D eigenvalue weighted by molar-refractivity contribution is 6.06. The van der Waals surface area contributed by atoms with Crippen LogP contribution in [0.15, 0.2) is 24.3 Å². The van der Waals surface area contributed by atoms with E-state index in [1.54, 1.807) is 12.0 Å². The Morgan fingerprint density at radius 3 is 2.07 bits per heavy atom. The van der Waals surface area contributed by atoms with Gasteiger partial charge in [-0.1, -0.05) is 0 Å². The zero-order valence-electron chi connectivity index (χ0n) is 16.8. The van der Waals surface area contributed by atoms with Gasteiger partial charge in [0.15, 0.2) is 0 Å². The van der Waals surface area contributed by atoms with Crippen LogP contribution in [0.5, 0.6) is 5.75 Å². The molecule has 3 saturated carbocycles. The fourth-order valence-electron chi connectivity index (χ4n) is 6.31. The molecule has 6 nitrogen and oxygen atoms in total. The molecule has 1 aliphatic heterocycles. The molecule has 0 spiro atoms. The highest BCUT2D eigenvalue weighted by Gasteiger charge is 2.61. The number of anilines is 1. The van der Waals surface area contributed by atoms with Crippen molar-refractivity contribution in [3.63, 3.8) is 0 Å². The monoisotopic (exact) mass is 396 g/mol. The Balaban J connectivity index is 1.19. The molecule has 1 aromatic rings. The molecular weight excluding hydrogens is 368 g/mol. The number of fused-ring (bicyclic) bond motifs is 5. The van der Waals surface area contributed by atoms with E-state index < -0.39 is 0 Å². The molecule has 0 unspecified atom stereocenters. The van der Waals surface area contributed by atoms with Crippen LogP contribution in [0.2, 0.25) is 0 Å². The van der Waals surface area contributed by atoms with Gasteiger partial charge in [-0.25, -0.2) is 0 Å². The Hall–Kier alpha value is -2.37. The number of imide groups is 1.